The standard InChI is InChI=1S/C9H16N2O3S/c10-15(13,14)6-8-3-9(12)11(5-8)4-7-1-2-7/h7-8H,1-6H2,(H2,10,13,14). The molecule has 1 saturated heterocycles. The van der Waals surface area contributed by atoms with Crippen LogP contribution >= 0.6 is 0 Å². The Balaban J connectivity index is 1.88. The number of primary sulfonamides is 1. The van der Waals surface area contributed by atoms with Crippen LogP contribution in [0.25, 0.3) is 0 Å². The van der Waals surface area contributed by atoms with Crippen molar-refractivity contribution < 1.29 is 13.2 Å². The Morgan fingerprint density at radius 2 is 2.00 bits per heavy atom. The Labute approximate surface area is 89.7 Å². The lowest BCUT2D eigenvalue weighted by atomic mass is 10.1. The number of rotatable bonds is 4. The molecule has 2 N–H and O–H groups in total. The smallest absolute Gasteiger partial charge is 0.222 e. The van der Waals surface area contributed by atoms with Crippen molar-refractivity contribution in [2.24, 2.45) is 17.0 Å². The molecule has 1 amide bonds. The van der Waals surface area contributed by atoms with Gasteiger partial charge in [-0.3, -0.25) is 4.79 Å². The van der Waals surface area contributed by atoms with Crippen molar-refractivity contribution in [1.29, 1.82) is 0 Å². The molecule has 2 rings (SSSR count). The molecule has 86 valence electrons. The van der Waals surface area contributed by atoms with E-state index in [1.165, 1.54) is 12.8 Å². The second-order valence-electron chi connectivity index (χ2n) is 4.64. The van der Waals surface area contributed by atoms with Gasteiger partial charge in [0.1, 0.15) is 0 Å². The number of nitrogens with zero attached hydrogens (tertiary/aromatic N) is 1. The molecule has 0 spiro atoms. The van der Waals surface area contributed by atoms with E-state index in [0.29, 0.717) is 18.9 Å². The van der Waals surface area contributed by atoms with E-state index in [2.05, 4.69) is 0 Å². The van der Waals surface area contributed by atoms with Crippen molar-refractivity contribution in [1.82, 2.24) is 4.90 Å². The monoisotopic (exact) mass is 232 g/mol. The number of nitrogens with two attached hydrogens (primary N) is 1. The topological polar surface area (TPSA) is 80.5 Å². The molecule has 1 unspecified atom stereocenters. The third kappa shape index (κ3) is 3.17. The van der Waals surface area contributed by atoms with E-state index in [1.54, 1.807) is 4.90 Å². The fraction of sp³-hybridized carbons (Fsp3) is 0.889. The van der Waals surface area contributed by atoms with Gasteiger partial charge < -0.3 is 4.90 Å². The summed E-state index contributed by atoms with van der Waals surface area (Å²) in [4.78, 5) is 13.3. The van der Waals surface area contributed by atoms with E-state index in [9.17, 15) is 13.2 Å². The van der Waals surface area contributed by atoms with Crippen molar-refractivity contribution >= 4 is 15.9 Å². The number of carbonyl (C=O) groups excluding carboxylic acids is 1. The van der Waals surface area contributed by atoms with Crippen molar-refractivity contribution in [3.8, 4) is 0 Å². The molecule has 0 aromatic rings. The Bertz CT molecular complexity index is 362. The van der Waals surface area contributed by atoms with E-state index in [0.717, 1.165) is 6.54 Å². The van der Waals surface area contributed by atoms with Gasteiger partial charge in [-0.2, -0.15) is 0 Å². The van der Waals surface area contributed by atoms with Crippen LogP contribution in [0, 0.1) is 11.8 Å². The van der Waals surface area contributed by atoms with Gasteiger partial charge in [-0.25, -0.2) is 13.6 Å². The maximum Gasteiger partial charge on any atom is 0.222 e. The molecule has 0 bridgehead atoms. The van der Waals surface area contributed by atoms with Gasteiger partial charge in [-0.05, 0) is 18.8 Å². The molecular weight excluding hydrogens is 216 g/mol. The number of likely N-dealkylation sites (tertiary alicyclic amines) is 1. The quantitative estimate of drug-likeness (QED) is 0.711. The maximum atomic E-state index is 11.5. The summed E-state index contributed by atoms with van der Waals surface area (Å²) in [7, 11) is -3.45. The predicted molar refractivity (Wildman–Crippen MR) is 55.4 cm³/mol. The van der Waals surface area contributed by atoms with Crippen LogP contribution in [0.3, 0.4) is 0 Å². The number of amides is 1. The van der Waals surface area contributed by atoms with E-state index in [4.69, 9.17) is 5.14 Å². The van der Waals surface area contributed by atoms with Crippen LogP contribution in [0.1, 0.15) is 19.3 Å². The van der Waals surface area contributed by atoms with Gasteiger partial charge in [0, 0.05) is 25.4 Å². The second kappa shape index (κ2) is 3.75. The van der Waals surface area contributed by atoms with Gasteiger partial charge in [-0.15, -0.1) is 0 Å². The summed E-state index contributed by atoms with van der Waals surface area (Å²) in [6.45, 7) is 1.37. The van der Waals surface area contributed by atoms with Gasteiger partial charge in [-0.1, -0.05) is 0 Å². The highest BCUT2D eigenvalue weighted by molar-refractivity contribution is 7.89. The van der Waals surface area contributed by atoms with Crippen LogP contribution in [-0.4, -0.2) is 38.1 Å². The fourth-order valence-corrected chi connectivity index (χ4v) is 2.96. The zero-order valence-electron chi connectivity index (χ0n) is 8.55. The Hall–Kier alpha value is -0.620. The largest absolute Gasteiger partial charge is 0.342 e. The highest BCUT2D eigenvalue weighted by atomic mass is 32.2. The first-order chi connectivity index (χ1) is 6.94. The van der Waals surface area contributed by atoms with Crippen LogP contribution < -0.4 is 5.14 Å². The first-order valence-corrected chi connectivity index (χ1v) is 6.94. The average Bonchev–Trinajstić information content (AvgIpc) is 2.77. The molecule has 1 aliphatic heterocycles. The molecule has 15 heavy (non-hydrogen) atoms. The molecule has 1 saturated carbocycles. The molecule has 0 aromatic carbocycles. The average molecular weight is 232 g/mol. The van der Waals surface area contributed by atoms with Gasteiger partial charge in [0.25, 0.3) is 0 Å². The lowest BCUT2D eigenvalue weighted by molar-refractivity contribution is -0.127. The van der Waals surface area contributed by atoms with Crippen LogP contribution in [0.5, 0.6) is 0 Å². The van der Waals surface area contributed by atoms with E-state index in [1.807, 2.05) is 0 Å². The Morgan fingerprint density at radius 1 is 1.33 bits per heavy atom. The minimum absolute atomic E-state index is 0.0695. The minimum atomic E-state index is -3.45. The fourth-order valence-electron chi connectivity index (χ4n) is 2.08. The van der Waals surface area contributed by atoms with Crippen LogP contribution in [0.4, 0.5) is 0 Å². The molecular formula is C9H16N2O3S. The highest BCUT2D eigenvalue weighted by Gasteiger charge is 2.35. The molecule has 1 atom stereocenters. The first kappa shape index (κ1) is 10.9. The number of hydrogen-bond donors (Lipinski definition) is 1. The highest BCUT2D eigenvalue weighted by Crippen LogP contribution is 2.32. The van der Waals surface area contributed by atoms with Gasteiger partial charge in [0.15, 0.2) is 0 Å². The maximum absolute atomic E-state index is 11.5. The number of carbonyl (C=O) groups is 1. The zero-order chi connectivity index (χ0) is 11.1. The van der Waals surface area contributed by atoms with Crippen LogP contribution in [-0.2, 0) is 14.8 Å². The van der Waals surface area contributed by atoms with Gasteiger partial charge >= 0.3 is 0 Å². The van der Waals surface area contributed by atoms with Crippen molar-refractivity contribution in [2.75, 3.05) is 18.8 Å². The van der Waals surface area contributed by atoms with Crippen molar-refractivity contribution in [3.63, 3.8) is 0 Å². The molecule has 5 nitrogen and oxygen atoms in total. The third-order valence-corrected chi connectivity index (χ3v) is 3.87. The van der Waals surface area contributed by atoms with E-state index in [-0.39, 0.29) is 17.6 Å². The second-order valence-corrected chi connectivity index (χ2v) is 6.30. The molecule has 1 aliphatic carbocycles. The normalized spacial score (nSPS) is 27.4. The molecule has 2 aliphatic rings. The van der Waals surface area contributed by atoms with Gasteiger partial charge in [0.05, 0.1) is 5.75 Å². The molecule has 0 aromatic heterocycles. The number of hydrogen-bond acceptors (Lipinski definition) is 3. The summed E-state index contributed by atoms with van der Waals surface area (Å²) in [6.07, 6.45) is 2.73. The van der Waals surface area contributed by atoms with Crippen LogP contribution in [0.2, 0.25) is 0 Å². The van der Waals surface area contributed by atoms with E-state index >= 15 is 0 Å². The number of sulfonamides is 1. The first-order valence-electron chi connectivity index (χ1n) is 5.22. The SMILES string of the molecule is NS(=O)(=O)CC1CC(=O)N(CC2CC2)C1. The molecule has 2 fully saturated rings. The Morgan fingerprint density at radius 3 is 2.53 bits per heavy atom. The zero-order valence-corrected chi connectivity index (χ0v) is 9.37. The molecule has 1 heterocycles. The summed E-state index contributed by atoms with van der Waals surface area (Å²) in [6, 6.07) is 0. The molecule has 0 radical (unpaired) electrons. The van der Waals surface area contributed by atoms with Crippen LogP contribution in [0.15, 0.2) is 0 Å². The van der Waals surface area contributed by atoms with E-state index < -0.39 is 10.0 Å². The summed E-state index contributed by atoms with van der Waals surface area (Å²) < 4.78 is 21.8. The summed E-state index contributed by atoms with van der Waals surface area (Å²) in [5, 5.41) is 4.96. The van der Waals surface area contributed by atoms with Crippen molar-refractivity contribution in [2.45, 2.75) is 19.3 Å². The minimum Gasteiger partial charge on any atom is -0.342 e. The van der Waals surface area contributed by atoms with Gasteiger partial charge in [0.2, 0.25) is 15.9 Å². The lowest BCUT2D eigenvalue weighted by Gasteiger charge is -2.15. The Kier molecular flexibility index (Phi) is 2.72. The summed E-state index contributed by atoms with van der Waals surface area (Å²) in [5.41, 5.74) is 0. The lowest BCUT2D eigenvalue weighted by Crippen LogP contribution is -2.29. The third-order valence-electron chi connectivity index (χ3n) is 2.94. The van der Waals surface area contributed by atoms with Crippen molar-refractivity contribution in [3.05, 3.63) is 0 Å². The predicted octanol–water partition coefficient (Wildman–Crippen LogP) is -0.467. The molecule has 6 heteroatoms. The summed E-state index contributed by atoms with van der Waals surface area (Å²) >= 11 is 0. The summed E-state index contributed by atoms with van der Waals surface area (Å²) in [5.74, 6) is 0.559.